The van der Waals surface area contributed by atoms with Gasteiger partial charge < -0.3 is 19.7 Å². The summed E-state index contributed by atoms with van der Waals surface area (Å²) in [5, 5.41) is 18.5. The predicted octanol–water partition coefficient (Wildman–Crippen LogP) is 6.36. The van der Waals surface area contributed by atoms with E-state index in [1.54, 1.807) is 47.0 Å². The Balaban J connectivity index is 1.45. The second kappa shape index (κ2) is 22.5. The molecule has 14 heteroatoms. The monoisotopic (exact) mass is 740 g/mol. The van der Waals surface area contributed by atoms with Crippen LogP contribution in [0.2, 0.25) is 0 Å². The molecule has 2 aromatic carbocycles. The van der Waals surface area contributed by atoms with Gasteiger partial charge in [-0.1, -0.05) is 36.4 Å². The van der Waals surface area contributed by atoms with E-state index in [1.165, 1.54) is 0 Å². The molecule has 0 aromatic heterocycles. The number of thioether (sulfide) groups is 6. The highest BCUT2D eigenvalue weighted by Crippen LogP contribution is 2.35. The van der Waals surface area contributed by atoms with Crippen molar-refractivity contribution in [2.45, 2.75) is 32.5 Å². The first-order valence-corrected chi connectivity index (χ1v) is 20.6. The van der Waals surface area contributed by atoms with Crippen LogP contribution >= 0.6 is 70.6 Å². The van der Waals surface area contributed by atoms with Crippen molar-refractivity contribution in [3.05, 3.63) is 85.0 Å². The van der Waals surface area contributed by atoms with Gasteiger partial charge in [-0.25, -0.2) is 19.2 Å². The highest BCUT2D eigenvalue weighted by Gasteiger charge is 2.25. The number of rotatable bonds is 20. The van der Waals surface area contributed by atoms with E-state index in [0.717, 1.165) is 57.1 Å². The lowest BCUT2D eigenvalue weighted by Gasteiger charge is -2.29. The molecule has 0 radical (unpaired) electrons. The summed E-state index contributed by atoms with van der Waals surface area (Å²) in [6.45, 7) is 0. The van der Waals surface area contributed by atoms with Gasteiger partial charge in [0.05, 0.1) is 0 Å². The summed E-state index contributed by atoms with van der Waals surface area (Å²) in [7, 11) is 0. The molecule has 0 spiro atoms. The van der Waals surface area contributed by atoms with E-state index >= 15 is 0 Å². The highest BCUT2D eigenvalue weighted by molar-refractivity contribution is 8.09. The van der Waals surface area contributed by atoms with Crippen LogP contribution in [0.5, 0.6) is 0 Å². The fraction of sp³-hybridized carbons (Fsp3) is 0.375. The number of benzene rings is 2. The molecule has 4 atom stereocenters. The smallest absolute Gasteiger partial charge is 0.331 e. The molecule has 1 aliphatic rings. The van der Waals surface area contributed by atoms with Gasteiger partial charge in [0.15, 0.2) is 0 Å². The molecule has 0 amide bonds. The maximum absolute atomic E-state index is 12.2. The molecule has 2 N–H and O–H groups in total. The number of esters is 2. The maximum atomic E-state index is 12.2. The first-order chi connectivity index (χ1) is 22.3. The van der Waals surface area contributed by atoms with Gasteiger partial charge in [0.2, 0.25) is 0 Å². The second-order valence-corrected chi connectivity index (χ2v) is 16.7. The van der Waals surface area contributed by atoms with Crippen molar-refractivity contribution < 1.29 is 38.9 Å². The summed E-state index contributed by atoms with van der Waals surface area (Å²) < 4.78 is 11.2. The molecule has 0 bridgehead atoms. The number of carboxylic acid groups (broad SMARTS) is 2. The van der Waals surface area contributed by atoms with Gasteiger partial charge in [0.25, 0.3) is 0 Å². The zero-order valence-corrected chi connectivity index (χ0v) is 29.7. The average Bonchev–Trinajstić information content (AvgIpc) is 3.05. The average molecular weight is 741 g/mol. The van der Waals surface area contributed by atoms with Crippen LogP contribution in [0.4, 0.5) is 0 Å². The predicted molar refractivity (Wildman–Crippen MR) is 195 cm³/mol. The Kier molecular flexibility index (Phi) is 18.7. The third-order valence-corrected chi connectivity index (χ3v) is 14.2. The van der Waals surface area contributed by atoms with E-state index < -0.39 is 23.9 Å². The SMILES string of the molecule is O=C(O)/C=C/C(=O)OC(CSCC1CSCC(CSCC(CSc2ccccc2)OC(=O)/C=C/C(=O)O)S1)CSc1ccccc1. The Labute approximate surface area is 295 Å². The molecule has 0 aliphatic carbocycles. The first kappa shape index (κ1) is 38.3. The van der Waals surface area contributed by atoms with Crippen molar-refractivity contribution in [2.75, 3.05) is 46.0 Å². The van der Waals surface area contributed by atoms with Crippen LogP contribution in [-0.4, -0.2) is 103 Å². The van der Waals surface area contributed by atoms with Crippen molar-refractivity contribution in [2.24, 2.45) is 0 Å². The molecule has 4 unspecified atom stereocenters. The summed E-state index contributed by atoms with van der Waals surface area (Å²) in [6.07, 6.45) is 2.73. The van der Waals surface area contributed by atoms with Crippen LogP contribution in [0, 0.1) is 0 Å². The standard InChI is InChI=1S/C32H36O8S6/c33-29(34)11-13-31(37)39-23(17-44-25-7-3-1-4-8-25)15-41-19-27-21-43-22-28(46-27)20-42-16-24(40-32(38)14-12-30(35)36)18-45-26-9-5-2-6-10-26/h1-14,23-24,27-28H,15-22H2,(H,33,34)(H,35,36)/b13-11+,14-12+. The van der Waals surface area contributed by atoms with Crippen molar-refractivity contribution in [3.8, 4) is 0 Å². The van der Waals surface area contributed by atoms with Gasteiger partial charge in [-0.3, -0.25) is 0 Å². The Morgan fingerprint density at radius 2 is 1.09 bits per heavy atom. The molecule has 248 valence electrons. The lowest BCUT2D eigenvalue weighted by atomic mass is 10.4. The molecule has 3 rings (SSSR count). The van der Waals surface area contributed by atoms with Crippen molar-refractivity contribution in [3.63, 3.8) is 0 Å². The lowest BCUT2D eigenvalue weighted by molar-refractivity contribution is -0.142. The number of carbonyl (C=O) groups is 4. The molecule has 46 heavy (non-hydrogen) atoms. The molecule has 2 aromatic rings. The van der Waals surface area contributed by atoms with Gasteiger partial charge in [-0.15, -0.1) is 23.5 Å². The maximum Gasteiger partial charge on any atom is 0.331 e. The van der Waals surface area contributed by atoms with Gasteiger partial charge in [-0.2, -0.15) is 47.0 Å². The van der Waals surface area contributed by atoms with E-state index in [4.69, 9.17) is 19.7 Å². The highest BCUT2D eigenvalue weighted by atomic mass is 32.2. The normalized spacial score (nSPS) is 17.8. The molecule has 8 nitrogen and oxygen atoms in total. The van der Waals surface area contributed by atoms with Crippen molar-refractivity contribution >= 4 is 94.4 Å². The van der Waals surface area contributed by atoms with E-state index in [-0.39, 0.29) is 12.2 Å². The summed E-state index contributed by atoms with van der Waals surface area (Å²) in [4.78, 5) is 48.1. The number of aliphatic carboxylic acids is 2. The van der Waals surface area contributed by atoms with Gasteiger partial charge >= 0.3 is 23.9 Å². The Bertz CT molecular complexity index is 1200. The fourth-order valence-corrected chi connectivity index (χ4v) is 12.1. The van der Waals surface area contributed by atoms with E-state index in [0.29, 0.717) is 33.5 Å². The molecule has 1 saturated heterocycles. The van der Waals surface area contributed by atoms with Crippen LogP contribution in [-0.2, 0) is 28.7 Å². The number of carbonyl (C=O) groups excluding carboxylic acids is 2. The molecule has 1 fully saturated rings. The van der Waals surface area contributed by atoms with Gasteiger partial charge in [-0.05, 0) is 24.3 Å². The molecule has 0 saturated carbocycles. The first-order valence-electron chi connectivity index (χ1n) is 14.2. The minimum absolute atomic E-state index is 0.368. The Hall–Kier alpha value is -2.10. The molecular formula is C32H36O8S6. The molecule has 1 aliphatic heterocycles. The number of carboxylic acids is 2. The van der Waals surface area contributed by atoms with E-state index in [1.807, 2.05) is 84.2 Å². The molecule has 1 heterocycles. The topological polar surface area (TPSA) is 127 Å². The molecular weight excluding hydrogens is 705 g/mol. The summed E-state index contributed by atoms with van der Waals surface area (Å²) in [5.74, 6) is 2.50. The zero-order chi connectivity index (χ0) is 33.0. The Morgan fingerprint density at radius 3 is 1.48 bits per heavy atom. The van der Waals surface area contributed by atoms with Crippen LogP contribution < -0.4 is 0 Å². The number of hydrogen-bond donors (Lipinski definition) is 2. The van der Waals surface area contributed by atoms with E-state index in [2.05, 4.69) is 0 Å². The van der Waals surface area contributed by atoms with Crippen LogP contribution in [0.1, 0.15) is 0 Å². The third-order valence-electron chi connectivity index (χ3n) is 5.86. The third kappa shape index (κ3) is 17.2. The van der Waals surface area contributed by atoms with Crippen LogP contribution in [0.15, 0.2) is 94.8 Å². The summed E-state index contributed by atoms with van der Waals surface area (Å²) in [6, 6.07) is 19.7. The zero-order valence-electron chi connectivity index (χ0n) is 24.8. The number of ether oxygens (including phenoxy) is 2. The largest absolute Gasteiger partial charge is 0.478 e. The summed E-state index contributed by atoms with van der Waals surface area (Å²) >= 11 is 10.6. The number of hydrogen-bond acceptors (Lipinski definition) is 12. The van der Waals surface area contributed by atoms with Crippen molar-refractivity contribution in [1.82, 2.24) is 0 Å². The van der Waals surface area contributed by atoms with Crippen molar-refractivity contribution in [1.29, 1.82) is 0 Å². The van der Waals surface area contributed by atoms with Crippen LogP contribution in [0.25, 0.3) is 0 Å². The minimum Gasteiger partial charge on any atom is -0.478 e. The quantitative estimate of drug-likeness (QED) is 0.0888. The Morgan fingerprint density at radius 1 is 0.674 bits per heavy atom. The lowest BCUT2D eigenvalue weighted by Crippen LogP contribution is -2.28. The van der Waals surface area contributed by atoms with Gasteiger partial charge in [0, 0.05) is 90.6 Å². The van der Waals surface area contributed by atoms with E-state index in [9.17, 15) is 19.2 Å². The second-order valence-electron chi connectivity index (χ2n) is 9.70. The van der Waals surface area contributed by atoms with Crippen LogP contribution in [0.3, 0.4) is 0 Å². The minimum atomic E-state index is -1.20. The fourth-order valence-electron chi connectivity index (χ4n) is 3.85. The van der Waals surface area contributed by atoms with Gasteiger partial charge in [0.1, 0.15) is 12.2 Å². The summed E-state index contributed by atoms with van der Waals surface area (Å²) in [5.41, 5.74) is 0.